The zero-order chi connectivity index (χ0) is 33.7. The minimum absolute atomic E-state index is 0.0128. The van der Waals surface area contributed by atoms with Gasteiger partial charge in [-0.3, -0.25) is 4.57 Å². The maximum absolute atomic E-state index is 7.97. The van der Waals surface area contributed by atoms with Gasteiger partial charge in [-0.25, -0.2) is 9.97 Å². The van der Waals surface area contributed by atoms with Crippen LogP contribution in [0.4, 0.5) is 0 Å². The van der Waals surface area contributed by atoms with Crippen LogP contribution in [0.5, 0.6) is 0 Å². The first-order chi connectivity index (χ1) is 23.5. The van der Waals surface area contributed by atoms with Crippen molar-refractivity contribution in [1.82, 2.24) is 14.5 Å². The van der Waals surface area contributed by atoms with Crippen molar-refractivity contribution in [3.8, 4) is 28.2 Å². The zero-order valence-corrected chi connectivity index (χ0v) is 24.3. The number of rotatable bonds is 3. The van der Waals surface area contributed by atoms with Gasteiger partial charge in [-0.2, -0.15) is 0 Å². The van der Waals surface area contributed by atoms with E-state index in [0.29, 0.717) is 11.1 Å². The van der Waals surface area contributed by atoms with Crippen LogP contribution in [-0.4, -0.2) is 14.5 Å². The van der Waals surface area contributed by atoms with Gasteiger partial charge in [0.1, 0.15) is 10.7 Å². The molecule has 0 saturated heterocycles. The second-order valence-electron chi connectivity index (χ2n) is 10.7. The lowest BCUT2D eigenvalue weighted by molar-refractivity contribution is 1.11. The van der Waals surface area contributed by atoms with Crippen LogP contribution < -0.4 is 0 Å². The molecule has 0 spiro atoms. The third kappa shape index (κ3) is 3.86. The van der Waals surface area contributed by atoms with Crippen molar-refractivity contribution in [1.29, 1.82) is 0 Å². The molecular weight excluding hydrogens is 563 g/mol. The molecule has 0 atom stereocenters. The summed E-state index contributed by atoms with van der Waals surface area (Å²) < 4.78 is 53.6. The molecule has 0 aliphatic carbocycles. The van der Waals surface area contributed by atoms with Crippen LogP contribution in [0, 0.1) is 13.7 Å². The molecule has 0 radical (unpaired) electrons. The molecule has 204 valence electrons. The van der Waals surface area contributed by atoms with Gasteiger partial charge < -0.3 is 0 Å². The summed E-state index contributed by atoms with van der Waals surface area (Å²) in [6, 6.07) is 35.8. The summed E-state index contributed by atoms with van der Waals surface area (Å²) in [6.45, 7) is -4.91. The van der Waals surface area contributed by atoms with Gasteiger partial charge in [0.15, 0.2) is 0 Å². The topological polar surface area (TPSA) is 30.7 Å². The number of nitrogens with zero attached hydrogens (tertiary/aromatic N) is 3. The third-order valence-corrected chi connectivity index (χ3v) is 10.4. The largest absolute Gasteiger partial charge is 0.292 e. The molecule has 0 unspecified atom stereocenters. The van der Waals surface area contributed by atoms with Crippen molar-refractivity contribution in [2.24, 2.45) is 0 Å². The molecule has 0 aliphatic rings. The Morgan fingerprint density at radius 1 is 0.651 bits per heavy atom. The average molecular weight is 594 g/mol. The van der Waals surface area contributed by atoms with Gasteiger partial charge in [0.25, 0.3) is 0 Å². The molecule has 0 bridgehead atoms. The molecule has 4 heterocycles. The van der Waals surface area contributed by atoms with E-state index in [4.69, 9.17) is 18.2 Å². The Morgan fingerprint density at radius 2 is 1.47 bits per heavy atom. The summed E-state index contributed by atoms with van der Waals surface area (Å²) in [5, 5.41) is 4.35. The SMILES string of the molecule is [2H]C([2H])([2H])c1cc(-c2cnc3sc4c(-c5nc6ccccc6n5-c5ccc6sc7ccccc7c6c5)cccc4c3c2)cc(C([2H])([2H])[2H])c1. The highest BCUT2D eigenvalue weighted by Gasteiger charge is 2.20. The number of hydrogen-bond donors (Lipinski definition) is 0. The van der Waals surface area contributed by atoms with Crippen LogP contribution in [-0.2, 0) is 0 Å². The van der Waals surface area contributed by atoms with E-state index in [1.165, 1.54) is 26.2 Å². The monoisotopic (exact) mass is 593 g/mol. The predicted octanol–water partition coefficient (Wildman–Crippen LogP) is 11.1. The van der Waals surface area contributed by atoms with Crippen molar-refractivity contribution >= 4 is 74.2 Å². The van der Waals surface area contributed by atoms with Crippen LogP contribution in [0.2, 0.25) is 0 Å². The number of imidazole rings is 1. The minimum Gasteiger partial charge on any atom is -0.292 e. The summed E-state index contributed by atoms with van der Waals surface area (Å²) in [4.78, 5) is 10.8. The van der Waals surface area contributed by atoms with Gasteiger partial charge >= 0.3 is 0 Å². The van der Waals surface area contributed by atoms with Gasteiger partial charge in [0.05, 0.1) is 11.0 Å². The highest BCUT2D eigenvalue weighted by atomic mass is 32.1. The minimum atomic E-state index is -2.45. The van der Waals surface area contributed by atoms with Crippen molar-refractivity contribution in [3.63, 3.8) is 0 Å². The van der Waals surface area contributed by atoms with E-state index in [1.54, 1.807) is 41.0 Å². The summed E-state index contributed by atoms with van der Waals surface area (Å²) in [5.41, 5.74) is 5.03. The van der Waals surface area contributed by atoms with Crippen molar-refractivity contribution in [2.45, 2.75) is 13.7 Å². The van der Waals surface area contributed by atoms with Crippen molar-refractivity contribution in [2.75, 3.05) is 0 Å². The first-order valence-electron chi connectivity index (χ1n) is 16.9. The van der Waals surface area contributed by atoms with Crippen LogP contribution in [0.25, 0.3) is 79.7 Å². The molecule has 9 rings (SSSR count). The summed E-state index contributed by atoms with van der Waals surface area (Å²) in [7, 11) is 0. The molecular formula is C38H25N3S2. The molecule has 0 saturated carbocycles. The number of thiophene rings is 2. The molecule has 3 nitrogen and oxygen atoms in total. The molecule has 4 aromatic heterocycles. The number of hydrogen-bond acceptors (Lipinski definition) is 4. The van der Waals surface area contributed by atoms with Gasteiger partial charge in [-0.15, -0.1) is 22.7 Å². The van der Waals surface area contributed by atoms with E-state index in [1.807, 2.05) is 30.3 Å². The molecule has 0 N–H and O–H groups in total. The number of benzene rings is 5. The second kappa shape index (κ2) is 9.33. The Kier molecular flexibility index (Phi) is 4.20. The van der Waals surface area contributed by atoms with E-state index in [0.717, 1.165) is 48.4 Å². The Morgan fingerprint density at radius 3 is 2.37 bits per heavy atom. The van der Waals surface area contributed by atoms with Gasteiger partial charge in [-0.1, -0.05) is 71.8 Å². The number of aryl methyl sites for hydroxylation is 2. The maximum Gasteiger partial charge on any atom is 0.147 e. The zero-order valence-electron chi connectivity index (χ0n) is 28.6. The standard InChI is InChI=1S/C38H25N3S2/c1-22-16-23(2)18-24(17-22)25-19-31-28-9-7-10-29(36(28)43-38(31)39-21-25)37-40-32-11-4-5-12-33(32)41(37)26-14-15-35-30(20-26)27-8-3-6-13-34(27)42-35/h3-21H,1-2H3/i1D3,2D3. The highest BCUT2D eigenvalue weighted by molar-refractivity contribution is 7.26. The Bertz CT molecular complexity index is 2740. The maximum atomic E-state index is 7.97. The van der Waals surface area contributed by atoms with E-state index < -0.39 is 13.7 Å². The molecule has 43 heavy (non-hydrogen) atoms. The van der Waals surface area contributed by atoms with E-state index in [9.17, 15) is 0 Å². The lowest BCUT2D eigenvalue weighted by Crippen LogP contribution is -1.97. The molecule has 9 aromatic rings. The van der Waals surface area contributed by atoms with Crippen LogP contribution in [0.1, 0.15) is 19.4 Å². The molecule has 5 heteroatoms. The second-order valence-corrected chi connectivity index (χ2v) is 12.8. The summed E-state index contributed by atoms with van der Waals surface area (Å²) >= 11 is 3.37. The lowest BCUT2D eigenvalue weighted by atomic mass is 10.0. The average Bonchev–Trinajstić information content (AvgIpc) is 3.78. The molecule has 0 aliphatic heterocycles. The fourth-order valence-corrected chi connectivity index (χ4v) is 8.35. The Balaban J connectivity index is 1.25. The third-order valence-electron chi connectivity index (χ3n) is 8.04. The van der Waals surface area contributed by atoms with Crippen LogP contribution in [0.3, 0.4) is 0 Å². The van der Waals surface area contributed by atoms with E-state index in [2.05, 4.69) is 65.2 Å². The van der Waals surface area contributed by atoms with Crippen molar-refractivity contribution in [3.05, 3.63) is 127 Å². The number of para-hydroxylation sites is 2. The van der Waals surface area contributed by atoms with Gasteiger partial charge in [0, 0.05) is 66.9 Å². The van der Waals surface area contributed by atoms with Gasteiger partial charge in [0.2, 0.25) is 0 Å². The highest BCUT2D eigenvalue weighted by Crippen LogP contribution is 2.42. The molecule has 5 aromatic carbocycles. The number of pyridine rings is 1. The van der Waals surface area contributed by atoms with Gasteiger partial charge in [-0.05, 0) is 67.8 Å². The number of aromatic nitrogens is 3. The lowest BCUT2D eigenvalue weighted by Gasteiger charge is -2.11. The van der Waals surface area contributed by atoms with E-state index >= 15 is 0 Å². The molecule has 0 fully saturated rings. The fourth-order valence-electron chi connectivity index (χ4n) is 6.13. The molecule has 0 amide bonds. The first-order valence-corrected chi connectivity index (χ1v) is 15.5. The number of fused-ring (bicyclic) bond motifs is 7. The van der Waals surface area contributed by atoms with E-state index in [-0.39, 0.29) is 11.1 Å². The smallest absolute Gasteiger partial charge is 0.147 e. The van der Waals surface area contributed by atoms with Crippen molar-refractivity contribution < 1.29 is 8.22 Å². The Labute approximate surface area is 264 Å². The normalized spacial score (nSPS) is 14.6. The van der Waals surface area contributed by atoms with Crippen LogP contribution in [0.15, 0.2) is 115 Å². The summed E-state index contributed by atoms with van der Waals surface area (Å²) in [6.07, 6.45) is 1.69. The van der Waals surface area contributed by atoms with Crippen LogP contribution >= 0.6 is 22.7 Å². The predicted molar refractivity (Wildman–Crippen MR) is 185 cm³/mol. The summed E-state index contributed by atoms with van der Waals surface area (Å²) in [5.74, 6) is 0.824. The quantitative estimate of drug-likeness (QED) is 0.204. The first kappa shape index (κ1) is 19.4. The fraction of sp³-hybridized carbons (Fsp3) is 0.0526. The Hall–Kier alpha value is -4.84.